The van der Waals surface area contributed by atoms with Gasteiger partial charge in [-0.25, -0.2) is 23.5 Å². The van der Waals surface area contributed by atoms with Gasteiger partial charge in [0.15, 0.2) is 13.2 Å². The number of morpholine rings is 1. The number of rotatable bonds is 4. The first-order valence-electron chi connectivity index (χ1n) is 13.4. The Morgan fingerprint density at radius 2 is 1.56 bits per heavy atom. The van der Waals surface area contributed by atoms with E-state index in [-0.39, 0.29) is 18.0 Å². The Bertz CT molecular complexity index is 1680. The zero-order chi connectivity index (χ0) is 28.9. The summed E-state index contributed by atoms with van der Waals surface area (Å²) >= 11 is 13.5. The molecule has 0 aliphatic carbocycles. The van der Waals surface area contributed by atoms with Crippen molar-refractivity contribution in [2.24, 2.45) is 9.74 Å². The molecule has 3 heterocycles. The molecule has 3 aromatic carbocycles. The number of hydrogen-bond acceptors (Lipinski definition) is 4. The molecule has 1 saturated heterocycles. The fourth-order valence-electron chi connectivity index (χ4n) is 5.65. The van der Waals surface area contributed by atoms with Crippen LogP contribution in [-0.2, 0) is 4.74 Å². The van der Waals surface area contributed by atoms with Gasteiger partial charge < -0.3 is 9.41 Å². The normalized spacial score (nSPS) is 22.8. The van der Waals surface area contributed by atoms with Crippen molar-refractivity contribution in [3.63, 3.8) is 0 Å². The van der Waals surface area contributed by atoms with Crippen LogP contribution < -0.4 is 5.30 Å². The Kier molecular flexibility index (Phi) is 7.55. The number of aryl methyl sites for hydroxylation is 1. The third-order valence-electron chi connectivity index (χ3n) is 7.33. The molecule has 1 aromatic heterocycles. The molecule has 6 rings (SSSR count). The molecule has 7 nitrogen and oxygen atoms in total. The molecule has 0 spiro atoms. The summed E-state index contributed by atoms with van der Waals surface area (Å²) in [4.78, 5) is 5.12. The number of nitrogens with zero attached hydrogens (tertiary/aromatic N) is 6. The largest absolute Gasteiger partial charge is 0.373 e. The van der Waals surface area contributed by atoms with Crippen molar-refractivity contribution in [3.05, 3.63) is 99.9 Å². The molecule has 41 heavy (non-hydrogen) atoms. The highest BCUT2D eigenvalue weighted by Gasteiger charge is 2.47. The summed E-state index contributed by atoms with van der Waals surface area (Å²) in [5.41, 5.74) is 2.48. The number of amidine groups is 1. The van der Waals surface area contributed by atoms with Gasteiger partial charge in [-0.1, -0.05) is 59.6 Å². The number of hydrogen-bond donors (Lipinski definition) is 0. The van der Waals surface area contributed by atoms with E-state index in [4.69, 9.17) is 42.8 Å². The number of ether oxygens (including phenoxy) is 1. The van der Waals surface area contributed by atoms with E-state index in [1.165, 1.54) is 6.07 Å². The van der Waals surface area contributed by atoms with Crippen molar-refractivity contribution in [2.75, 3.05) is 20.1 Å². The molecule has 0 saturated carbocycles. The van der Waals surface area contributed by atoms with Gasteiger partial charge in [-0.15, -0.1) is 0 Å². The van der Waals surface area contributed by atoms with E-state index < -0.39 is 7.36 Å². The minimum Gasteiger partial charge on any atom is -0.373 e. The Balaban J connectivity index is 1.76. The molecule has 11 heteroatoms. The minimum atomic E-state index is -3.01. The third-order valence-corrected chi connectivity index (χ3v) is 11.7. The molecule has 0 unspecified atom stereocenters. The van der Waals surface area contributed by atoms with Crippen molar-refractivity contribution in [1.82, 2.24) is 19.1 Å². The average molecular weight is 611 g/mol. The van der Waals surface area contributed by atoms with E-state index >= 15 is 4.39 Å². The van der Waals surface area contributed by atoms with Crippen molar-refractivity contribution in [2.45, 2.75) is 33.0 Å². The lowest BCUT2D eigenvalue weighted by Crippen LogP contribution is -2.50. The maximum absolute atomic E-state index is 15.5. The Hall–Kier alpha value is -3.00. The summed E-state index contributed by atoms with van der Waals surface area (Å²) in [5.74, 6) is 0.693. The summed E-state index contributed by atoms with van der Waals surface area (Å²) in [6.45, 7) is 7.26. The Morgan fingerprint density at radius 3 is 2.22 bits per heavy atom. The van der Waals surface area contributed by atoms with E-state index in [9.17, 15) is 0 Å². The summed E-state index contributed by atoms with van der Waals surface area (Å²) in [7, 11) is -1.08. The molecule has 1 fully saturated rings. The lowest BCUT2D eigenvalue weighted by Gasteiger charge is -2.49. The molecule has 2 aliphatic heterocycles. The van der Waals surface area contributed by atoms with Gasteiger partial charge in [-0.2, -0.15) is 5.10 Å². The van der Waals surface area contributed by atoms with E-state index in [1.54, 1.807) is 30.3 Å². The highest BCUT2D eigenvalue weighted by molar-refractivity contribution is 7.70. The number of aromatic nitrogens is 2. The molecule has 3 atom stereocenters. The molecule has 212 valence electrons. The van der Waals surface area contributed by atoms with Gasteiger partial charge in [0.1, 0.15) is 17.3 Å². The first-order valence-corrected chi connectivity index (χ1v) is 15.8. The molecular weight excluding hydrogens is 581 g/mol. The predicted molar refractivity (Wildman–Crippen MR) is 165 cm³/mol. The van der Waals surface area contributed by atoms with Crippen LogP contribution in [0.2, 0.25) is 10.0 Å². The molecule has 4 aromatic rings. The van der Waals surface area contributed by atoms with Gasteiger partial charge in [0.25, 0.3) is 0 Å². The van der Waals surface area contributed by atoms with Crippen LogP contribution in [0.5, 0.6) is 0 Å². The van der Waals surface area contributed by atoms with E-state index in [0.717, 1.165) is 16.7 Å². The lowest BCUT2D eigenvalue weighted by molar-refractivity contribution is -0.0442. The second-order valence-corrected chi connectivity index (χ2v) is 14.1. The molecule has 0 amide bonds. The fourth-order valence-corrected chi connectivity index (χ4v) is 10.3. The van der Waals surface area contributed by atoms with Crippen LogP contribution in [0, 0.1) is 12.7 Å². The lowest BCUT2D eigenvalue weighted by atomic mass is 10.2. The average Bonchev–Trinajstić information content (AvgIpc) is 3.28. The maximum Gasteiger partial charge on any atom is 0.170 e. The highest BCUT2D eigenvalue weighted by atomic mass is 35.5. The molecule has 0 N–H and O–H groups in total. The van der Waals surface area contributed by atoms with E-state index in [2.05, 4.69) is 18.5 Å². The van der Waals surface area contributed by atoms with Gasteiger partial charge in [0.2, 0.25) is 0 Å². The van der Waals surface area contributed by atoms with Crippen molar-refractivity contribution >= 4 is 53.2 Å². The quantitative estimate of drug-likeness (QED) is 0.222. The second-order valence-electron chi connectivity index (χ2n) is 10.3. The van der Waals surface area contributed by atoms with Gasteiger partial charge in [-0.05, 0) is 57.2 Å². The van der Waals surface area contributed by atoms with E-state index in [1.807, 2.05) is 59.7 Å². The standard InChI is InChI=1S/C30H30Cl2FN6OP/c1-19-17-38(18-20(2)40-19)41(36-27-24(31)14-10-15-25(27)32)28-21(3)35-39(22-11-6-5-7-12-22)30(28)34-29(37(41)4)23-13-8-9-16-26(23)33/h5-16,19-20H,17-18H2,1-4H3/t19-,20-,41-/m1/s1. The smallest absolute Gasteiger partial charge is 0.170 e. The fraction of sp³-hybridized carbons (Fsp3) is 0.267. The number of benzene rings is 3. The number of para-hydroxylation sites is 1. The number of fused-ring (bicyclic) bond motifs is 1. The molecule has 0 radical (unpaired) electrons. The third kappa shape index (κ3) is 4.82. The minimum absolute atomic E-state index is 0.0651. The molecule has 0 bridgehead atoms. The topological polar surface area (TPSA) is 58.3 Å². The number of aliphatic imine (C=N–C) groups is 1. The van der Waals surface area contributed by atoms with Gasteiger partial charge >= 0.3 is 0 Å². The highest BCUT2D eigenvalue weighted by Crippen LogP contribution is 2.63. The van der Waals surface area contributed by atoms with Crippen LogP contribution in [0.3, 0.4) is 0 Å². The van der Waals surface area contributed by atoms with Crippen molar-refractivity contribution in [3.8, 4) is 5.69 Å². The zero-order valence-corrected chi connectivity index (χ0v) is 25.6. The van der Waals surface area contributed by atoms with Gasteiger partial charge in [0.05, 0.1) is 44.5 Å². The SMILES string of the molecule is Cc1nn(-c2ccccc2)c2c1[P@](=Nc1c(Cl)cccc1Cl)(N1C[C@@H](C)O[C@H](C)C1)N(C)C(c1ccccc1F)=N2. The second kappa shape index (κ2) is 11.0. The maximum atomic E-state index is 15.5. The van der Waals surface area contributed by atoms with Crippen LogP contribution in [-0.4, -0.2) is 57.3 Å². The number of halogens is 3. The van der Waals surface area contributed by atoms with Crippen LogP contribution in [0.15, 0.2) is 82.5 Å². The van der Waals surface area contributed by atoms with E-state index in [0.29, 0.717) is 46.0 Å². The molecular formula is C30H30Cl2FN6OP. The van der Waals surface area contributed by atoms with Crippen LogP contribution in [0.4, 0.5) is 15.9 Å². The van der Waals surface area contributed by atoms with Crippen molar-refractivity contribution < 1.29 is 9.13 Å². The summed E-state index contributed by atoms with van der Waals surface area (Å²) in [5, 5.41) is 6.74. The predicted octanol–water partition coefficient (Wildman–Crippen LogP) is 7.75. The summed E-state index contributed by atoms with van der Waals surface area (Å²) in [6, 6.07) is 21.9. The Morgan fingerprint density at radius 1 is 0.927 bits per heavy atom. The van der Waals surface area contributed by atoms with Crippen LogP contribution >= 0.6 is 30.6 Å². The van der Waals surface area contributed by atoms with Gasteiger partial charge in [0, 0.05) is 20.1 Å². The Labute approximate surface area is 249 Å². The summed E-state index contributed by atoms with van der Waals surface area (Å²) in [6.07, 6.45) is -0.130. The summed E-state index contributed by atoms with van der Waals surface area (Å²) < 4.78 is 33.4. The first-order chi connectivity index (χ1) is 19.7. The van der Waals surface area contributed by atoms with Crippen molar-refractivity contribution in [1.29, 1.82) is 0 Å². The van der Waals surface area contributed by atoms with Crippen LogP contribution in [0.1, 0.15) is 25.1 Å². The first kappa shape index (κ1) is 28.1. The zero-order valence-electron chi connectivity index (χ0n) is 23.2. The van der Waals surface area contributed by atoms with Gasteiger partial charge in [-0.3, -0.25) is 0 Å². The monoisotopic (exact) mass is 610 g/mol. The van der Waals surface area contributed by atoms with Crippen LogP contribution in [0.25, 0.3) is 5.69 Å². The molecule has 2 aliphatic rings.